The molecule has 17 heavy (non-hydrogen) atoms. The first kappa shape index (κ1) is 16.0. The highest BCUT2D eigenvalue weighted by molar-refractivity contribution is 5.77. The fourth-order valence-corrected chi connectivity index (χ4v) is 1.79. The zero-order chi connectivity index (χ0) is 12.8. The van der Waals surface area contributed by atoms with E-state index in [9.17, 15) is 4.79 Å². The second-order valence-corrected chi connectivity index (χ2v) is 4.50. The van der Waals surface area contributed by atoms with E-state index in [-0.39, 0.29) is 5.91 Å². The molecule has 0 rings (SSSR count). The first-order chi connectivity index (χ1) is 8.31. The molecule has 0 aromatic carbocycles. The van der Waals surface area contributed by atoms with Crippen LogP contribution in [-0.2, 0) is 4.79 Å². The third kappa shape index (κ3) is 13.0. The Hall–Kier alpha value is -0.970. The Morgan fingerprint density at radius 2 is 1.47 bits per heavy atom. The van der Waals surface area contributed by atoms with Crippen molar-refractivity contribution >= 4 is 5.91 Å². The van der Waals surface area contributed by atoms with Gasteiger partial charge in [0.25, 0.3) is 0 Å². The van der Waals surface area contributed by atoms with Crippen molar-refractivity contribution in [2.45, 2.75) is 78.1 Å². The number of rotatable bonds is 10. The van der Waals surface area contributed by atoms with Crippen LogP contribution in [-0.4, -0.2) is 5.91 Å². The highest BCUT2D eigenvalue weighted by atomic mass is 16.1. The lowest BCUT2D eigenvalue weighted by Crippen LogP contribution is -2.16. The second kappa shape index (κ2) is 13.1. The van der Waals surface area contributed by atoms with Gasteiger partial charge in [-0.25, -0.2) is 0 Å². The molecule has 2 heteroatoms. The highest BCUT2D eigenvalue weighted by Gasteiger charge is 1.98. The maximum atomic E-state index is 11.2. The summed E-state index contributed by atoms with van der Waals surface area (Å²) in [5, 5.41) is 2.56. The van der Waals surface area contributed by atoms with Gasteiger partial charge >= 0.3 is 0 Å². The Bertz CT molecular complexity index is 237. The van der Waals surface area contributed by atoms with Crippen molar-refractivity contribution < 1.29 is 4.79 Å². The highest BCUT2D eigenvalue weighted by Crippen LogP contribution is 2.10. The van der Waals surface area contributed by atoms with E-state index >= 15 is 0 Å². The van der Waals surface area contributed by atoms with Gasteiger partial charge in [-0.05, 0) is 13.3 Å². The van der Waals surface area contributed by atoms with Gasteiger partial charge in [-0.2, -0.15) is 0 Å². The Balaban J connectivity index is 3.12. The Morgan fingerprint density at radius 1 is 0.941 bits per heavy atom. The van der Waals surface area contributed by atoms with Crippen LogP contribution in [0.2, 0.25) is 0 Å². The first-order valence-electron chi connectivity index (χ1n) is 7.01. The third-order valence-corrected chi connectivity index (χ3v) is 2.83. The molecule has 0 aliphatic carbocycles. The van der Waals surface area contributed by atoms with E-state index in [4.69, 9.17) is 0 Å². The van der Waals surface area contributed by atoms with Gasteiger partial charge in [0.2, 0.25) is 5.91 Å². The van der Waals surface area contributed by atoms with Gasteiger partial charge in [-0.15, -0.1) is 0 Å². The molecule has 0 heterocycles. The average Bonchev–Trinajstić information content (AvgIpc) is 2.34. The van der Waals surface area contributed by atoms with Gasteiger partial charge in [0.15, 0.2) is 0 Å². The predicted octanol–water partition coefficient (Wildman–Crippen LogP) is 4.00. The molecule has 0 fully saturated rings. The lowest BCUT2D eigenvalue weighted by Gasteiger charge is -2.01. The topological polar surface area (TPSA) is 29.1 Å². The molecule has 2 nitrogen and oxygen atoms in total. The van der Waals surface area contributed by atoms with E-state index in [0.29, 0.717) is 6.42 Å². The van der Waals surface area contributed by atoms with Crippen LogP contribution in [0, 0.1) is 12.0 Å². The summed E-state index contributed by atoms with van der Waals surface area (Å²) >= 11 is 0. The maximum absolute atomic E-state index is 11.2. The molecule has 0 aliphatic heterocycles. The summed E-state index contributed by atoms with van der Waals surface area (Å²) in [6.45, 7) is 3.97. The number of amides is 1. The standard InChI is InChI=1S/C15H27NO/c1-3-5-6-7-8-9-10-11-12-13-15(17)16-14-4-2/h3,5-13H2,1-2H3,(H,16,17). The van der Waals surface area contributed by atoms with Crippen molar-refractivity contribution in [3.63, 3.8) is 0 Å². The Labute approximate surface area is 107 Å². The zero-order valence-electron chi connectivity index (χ0n) is 11.5. The molecule has 0 unspecified atom stereocenters. The number of nitrogens with one attached hydrogen (secondary N) is 1. The van der Waals surface area contributed by atoms with Crippen molar-refractivity contribution in [3.8, 4) is 12.0 Å². The molecular formula is C15H27NO. The zero-order valence-corrected chi connectivity index (χ0v) is 11.5. The van der Waals surface area contributed by atoms with Crippen molar-refractivity contribution in [1.82, 2.24) is 5.32 Å². The monoisotopic (exact) mass is 237 g/mol. The van der Waals surface area contributed by atoms with Crippen LogP contribution in [0.25, 0.3) is 0 Å². The van der Waals surface area contributed by atoms with E-state index < -0.39 is 0 Å². The lowest BCUT2D eigenvalue weighted by molar-refractivity contribution is -0.120. The molecule has 0 saturated carbocycles. The molecule has 0 aromatic rings. The third-order valence-electron chi connectivity index (χ3n) is 2.83. The average molecular weight is 237 g/mol. The largest absolute Gasteiger partial charge is 0.285 e. The smallest absolute Gasteiger partial charge is 0.231 e. The number of unbranched alkanes of at least 4 members (excludes halogenated alkanes) is 8. The van der Waals surface area contributed by atoms with Crippen LogP contribution < -0.4 is 5.32 Å². The second-order valence-electron chi connectivity index (χ2n) is 4.50. The van der Waals surface area contributed by atoms with Gasteiger partial charge in [0.05, 0.1) is 0 Å². The van der Waals surface area contributed by atoms with E-state index in [2.05, 4.69) is 24.2 Å². The van der Waals surface area contributed by atoms with E-state index in [0.717, 1.165) is 6.42 Å². The molecule has 0 radical (unpaired) electrons. The normalized spacial score (nSPS) is 9.53. The van der Waals surface area contributed by atoms with Gasteiger partial charge in [0, 0.05) is 12.5 Å². The summed E-state index contributed by atoms with van der Waals surface area (Å²) in [5.74, 6) is 2.71. The molecule has 0 atom stereocenters. The number of carbonyl (C=O) groups excluding carboxylic acids is 1. The van der Waals surface area contributed by atoms with Crippen molar-refractivity contribution in [1.29, 1.82) is 0 Å². The first-order valence-corrected chi connectivity index (χ1v) is 7.01. The van der Waals surface area contributed by atoms with Crippen LogP contribution in [0.5, 0.6) is 0 Å². The van der Waals surface area contributed by atoms with Crippen LogP contribution in [0.4, 0.5) is 0 Å². The van der Waals surface area contributed by atoms with E-state index in [1.165, 1.54) is 51.4 Å². The summed E-state index contributed by atoms with van der Waals surface area (Å²) in [6.07, 6.45) is 12.2. The number of hydrogen-bond acceptors (Lipinski definition) is 1. The fraction of sp³-hybridized carbons (Fsp3) is 0.800. The van der Waals surface area contributed by atoms with Gasteiger partial charge in [-0.1, -0.05) is 64.2 Å². The molecule has 0 aliphatic rings. The van der Waals surface area contributed by atoms with E-state index in [1.54, 1.807) is 6.92 Å². The minimum atomic E-state index is 0.0577. The maximum Gasteiger partial charge on any atom is 0.231 e. The molecule has 1 N–H and O–H groups in total. The Morgan fingerprint density at radius 3 is 2.00 bits per heavy atom. The molecule has 0 aromatic heterocycles. The minimum absolute atomic E-state index is 0.0577. The predicted molar refractivity (Wildman–Crippen MR) is 73.4 cm³/mol. The summed E-state index contributed by atoms with van der Waals surface area (Å²) < 4.78 is 0. The van der Waals surface area contributed by atoms with Crippen molar-refractivity contribution in [2.75, 3.05) is 0 Å². The van der Waals surface area contributed by atoms with Gasteiger partial charge < -0.3 is 0 Å². The fourth-order valence-electron chi connectivity index (χ4n) is 1.79. The van der Waals surface area contributed by atoms with Crippen molar-refractivity contribution in [2.24, 2.45) is 0 Å². The molecule has 0 bridgehead atoms. The summed E-state index contributed by atoms with van der Waals surface area (Å²) in [7, 11) is 0. The van der Waals surface area contributed by atoms with Crippen molar-refractivity contribution in [3.05, 3.63) is 0 Å². The van der Waals surface area contributed by atoms with Crippen LogP contribution in [0.15, 0.2) is 0 Å². The number of carbonyl (C=O) groups is 1. The van der Waals surface area contributed by atoms with Gasteiger partial charge in [0.1, 0.15) is 0 Å². The van der Waals surface area contributed by atoms with Crippen LogP contribution in [0.3, 0.4) is 0 Å². The molecule has 0 spiro atoms. The molecule has 98 valence electrons. The van der Waals surface area contributed by atoms with Crippen LogP contribution in [0.1, 0.15) is 78.1 Å². The van der Waals surface area contributed by atoms with E-state index in [1.807, 2.05) is 0 Å². The van der Waals surface area contributed by atoms with Gasteiger partial charge in [-0.3, -0.25) is 10.1 Å². The quantitative estimate of drug-likeness (QED) is 0.347. The lowest BCUT2D eigenvalue weighted by atomic mass is 10.1. The Kier molecular flexibility index (Phi) is 12.3. The molecule has 1 amide bonds. The molecule has 0 saturated heterocycles. The SMILES string of the molecule is CC#CNC(=O)CCCCCCCCCCC. The number of hydrogen-bond donors (Lipinski definition) is 1. The summed E-state index contributed by atoms with van der Waals surface area (Å²) in [4.78, 5) is 11.2. The van der Waals surface area contributed by atoms with Crippen LogP contribution >= 0.6 is 0 Å². The summed E-state index contributed by atoms with van der Waals surface area (Å²) in [5.41, 5.74) is 0. The summed E-state index contributed by atoms with van der Waals surface area (Å²) in [6, 6.07) is 2.58. The molecular weight excluding hydrogens is 210 g/mol. The minimum Gasteiger partial charge on any atom is -0.285 e.